The third-order valence-electron chi connectivity index (χ3n) is 2.21. The highest BCUT2D eigenvalue weighted by atomic mass is 19.3. The summed E-state index contributed by atoms with van der Waals surface area (Å²) in [6.07, 6.45) is 2.01. The molecule has 15 heavy (non-hydrogen) atoms. The zero-order chi connectivity index (χ0) is 11.5. The van der Waals surface area contributed by atoms with E-state index in [1.807, 2.05) is 0 Å². The van der Waals surface area contributed by atoms with Crippen molar-refractivity contribution in [1.29, 1.82) is 0 Å². The van der Waals surface area contributed by atoms with Crippen LogP contribution in [0.5, 0.6) is 0 Å². The molecule has 0 aromatic heterocycles. The van der Waals surface area contributed by atoms with Crippen molar-refractivity contribution in [3.63, 3.8) is 0 Å². The third-order valence-corrected chi connectivity index (χ3v) is 2.21. The maximum Gasteiger partial charge on any atom is 0.292 e. The quantitative estimate of drug-likeness (QED) is 0.758. The summed E-state index contributed by atoms with van der Waals surface area (Å²) in [6, 6.07) is 4.85. The van der Waals surface area contributed by atoms with Crippen LogP contribution < -0.4 is 5.73 Å². The summed E-state index contributed by atoms with van der Waals surface area (Å²) in [6.45, 7) is 6.71. The van der Waals surface area contributed by atoms with E-state index < -0.39 is 5.92 Å². The summed E-state index contributed by atoms with van der Waals surface area (Å²) < 4.78 is 27.1. The number of hydrogen-bond acceptors (Lipinski definition) is 1. The molecular weight excluding hydrogens is 196 g/mol. The first kappa shape index (κ1) is 11.6. The Labute approximate surface area is 87.9 Å². The molecule has 0 atom stereocenters. The second-order valence-electron chi connectivity index (χ2n) is 3.12. The van der Waals surface area contributed by atoms with Gasteiger partial charge in [-0.15, -0.1) is 0 Å². The first-order chi connectivity index (χ1) is 7.06. The third kappa shape index (κ3) is 2.13. The van der Waals surface area contributed by atoms with Crippen molar-refractivity contribution >= 4 is 6.08 Å². The molecule has 0 saturated heterocycles. The van der Waals surface area contributed by atoms with Gasteiger partial charge >= 0.3 is 0 Å². The molecule has 0 bridgehead atoms. The van der Waals surface area contributed by atoms with Crippen molar-refractivity contribution in [3.05, 3.63) is 54.1 Å². The van der Waals surface area contributed by atoms with E-state index in [2.05, 4.69) is 13.2 Å². The van der Waals surface area contributed by atoms with Crippen LogP contribution in [0.15, 0.2) is 37.4 Å². The molecule has 2 N–H and O–H groups in total. The largest absolute Gasteiger partial charge is 0.326 e. The molecule has 3 heteroatoms. The van der Waals surface area contributed by atoms with Gasteiger partial charge in [0.05, 0.1) is 0 Å². The number of halogens is 2. The van der Waals surface area contributed by atoms with Crippen molar-refractivity contribution in [1.82, 2.24) is 0 Å². The van der Waals surface area contributed by atoms with Gasteiger partial charge in [-0.3, -0.25) is 0 Å². The summed E-state index contributed by atoms with van der Waals surface area (Å²) in [5.41, 5.74) is 6.13. The van der Waals surface area contributed by atoms with E-state index in [1.54, 1.807) is 18.2 Å². The first-order valence-corrected chi connectivity index (χ1v) is 4.53. The number of nitrogens with two attached hydrogens (primary N) is 1. The lowest BCUT2D eigenvalue weighted by Gasteiger charge is -2.18. The van der Waals surface area contributed by atoms with E-state index in [1.165, 1.54) is 6.08 Å². The van der Waals surface area contributed by atoms with Gasteiger partial charge in [-0.1, -0.05) is 37.4 Å². The van der Waals surface area contributed by atoms with Gasteiger partial charge in [0.1, 0.15) is 0 Å². The second-order valence-corrected chi connectivity index (χ2v) is 3.12. The predicted molar refractivity (Wildman–Crippen MR) is 58.5 cm³/mol. The minimum absolute atomic E-state index is 0.0699. The molecule has 0 aliphatic rings. The molecule has 0 aliphatic heterocycles. The summed E-state index contributed by atoms with van der Waals surface area (Å²) in [5.74, 6) is -3.07. The molecule has 1 aromatic rings. The Balaban J connectivity index is 3.47. The summed E-state index contributed by atoms with van der Waals surface area (Å²) in [4.78, 5) is 0. The van der Waals surface area contributed by atoms with E-state index in [0.717, 1.165) is 0 Å². The molecule has 0 radical (unpaired) electrons. The van der Waals surface area contributed by atoms with Crippen LogP contribution in [0.3, 0.4) is 0 Å². The fraction of sp³-hybridized carbons (Fsp3) is 0.167. The Morgan fingerprint density at radius 2 is 2.00 bits per heavy atom. The lowest BCUT2D eigenvalue weighted by molar-refractivity contribution is 0.0513. The van der Waals surface area contributed by atoms with Crippen LogP contribution in [0.4, 0.5) is 8.78 Å². The highest BCUT2D eigenvalue weighted by molar-refractivity contribution is 5.56. The lowest BCUT2D eigenvalue weighted by Crippen LogP contribution is -2.16. The maximum absolute atomic E-state index is 13.6. The van der Waals surface area contributed by atoms with E-state index in [9.17, 15) is 8.78 Å². The maximum atomic E-state index is 13.6. The Kier molecular flexibility index (Phi) is 3.37. The molecule has 80 valence electrons. The van der Waals surface area contributed by atoms with Crippen LogP contribution in [0, 0.1) is 0 Å². The van der Waals surface area contributed by atoms with E-state index in [-0.39, 0.29) is 12.1 Å². The van der Waals surface area contributed by atoms with Crippen LogP contribution in [-0.2, 0) is 12.5 Å². The Hall–Kier alpha value is -1.48. The van der Waals surface area contributed by atoms with E-state index in [0.29, 0.717) is 17.2 Å². The van der Waals surface area contributed by atoms with Crippen molar-refractivity contribution in [2.75, 3.05) is 0 Å². The van der Waals surface area contributed by atoms with Gasteiger partial charge in [0, 0.05) is 12.1 Å². The standard InChI is InChI=1S/C12H13F2N/c1-3-9-6-5-7-10(8-15)11(9)12(13,14)4-2/h3-7H,1-2,8,15H2. The van der Waals surface area contributed by atoms with Crippen LogP contribution in [-0.4, -0.2) is 0 Å². The molecule has 0 fully saturated rings. The van der Waals surface area contributed by atoms with Gasteiger partial charge in [-0.2, -0.15) is 8.78 Å². The first-order valence-electron chi connectivity index (χ1n) is 4.53. The van der Waals surface area contributed by atoms with Crippen LogP contribution in [0.1, 0.15) is 16.7 Å². The minimum atomic E-state index is -3.07. The zero-order valence-corrected chi connectivity index (χ0v) is 8.34. The van der Waals surface area contributed by atoms with Gasteiger partial charge in [-0.05, 0) is 17.2 Å². The molecule has 0 spiro atoms. The number of hydrogen-bond donors (Lipinski definition) is 1. The number of allylic oxidation sites excluding steroid dienone is 1. The van der Waals surface area contributed by atoms with Crippen molar-refractivity contribution in [2.45, 2.75) is 12.5 Å². The molecular formula is C12H13F2N. The molecule has 0 heterocycles. The normalized spacial score (nSPS) is 11.1. The van der Waals surface area contributed by atoms with Crippen LogP contribution in [0.25, 0.3) is 6.08 Å². The van der Waals surface area contributed by atoms with Crippen molar-refractivity contribution in [3.8, 4) is 0 Å². The highest BCUT2D eigenvalue weighted by Gasteiger charge is 2.31. The predicted octanol–water partition coefficient (Wildman–Crippen LogP) is 3.07. The molecule has 0 saturated carbocycles. The van der Waals surface area contributed by atoms with Crippen molar-refractivity contribution < 1.29 is 8.78 Å². The van der Waals surface area contributed by atoms with Gasteiger partial charge in [-0.25, -0.2) is 0 Å². The van der Waals surface area contributed by atoms with Gasteiger partial charge in [0.15, 0.2) is 0 Å². The topological polar surface area (TPSA) is 26.0 Å². The number of alkyl halides is 2. The summed E-state index contributed by atoms with van der Waals surface area (Å²) in [5, 5.41) is 0. The van der Waals surface area contributed by atoms with E-state index in [4.69, 9.17) is 5.73 Å². The molecule has 1 rings (SSSR count). The molecule has 0 unspecified atom stereocenters. The number of rotatable bonds is 4. The van der Waals surface area contributed by atoms with Gasteiger partial charge in [0.25, 0.3) is 5.92 Å². The van der Waals surface area contributed by atoms with Crippen LogP contribution in [0.2, 0.25) is 0 Å². The smallest absolute Gasteiger partial charge is 0.292 e. The summed E-state index contributed by atoms with van der Waals surface area (Å²) >= 11 is 0. The van der Waals surface area contributed by atoms with Crippen LogP contribution >= 0.6 is 0 Å². The SMILES string of the molecule is C=Cc1cccc(CN)c1C(F)(F)C=C. The fourth-order valence-electron chi connectivity index (χ4n) is 1.47. The minimum Gasteiger partial charge on any atom is -0.326 e. The Bertz CT molecular complexity index is 383. The lowest BCUT2D eigenvalue weighted by atomic mass is 9.95. The van der Waals surface area contributed by atoms with E-state index >= 15 is 0 Å². The average Bonchev–Trinajstić information content (AvgIpc) is 2.27. The molecule has 0 amide bonds. The molecule has 1 nitrogen and oxygen atoms in total. The Morgan fingerprint density at radius 1 is 1.33 bits per heavy atom. The second kappa shape index (κ2) is 4.36. The Morgan fingerprint density at radius 3 is 2.47 bits per heavy atom. The summed E-state index contributed by atoms with van der Waals surface area (Å²) in [7, 11) is 0. The fourth-order valence-corrected chi connectivity index (χ4v) is 1.47. The monoisotopic (exact) mass is 209 g/mol. The van der Waals surface area contributed by atoms with Crippen molar-refractivity contribution in [2.24, 2.45) is 5.73 Å². The molecule has 1 aromatic carbocycles. The average molecular weight is 209 g/mol. The van der Waals surface area contributed by atoms with Gasteiger partial charge in [0.2, 0.25) is 0 Å². The highest BCUT2D eigenvalue weighted by Crippen LogP contribution is 2.34. The zero-order valence-electron chi connectivity index (χ0n) is 8.34. The number of benzene rings is 1. The van der Waals surface area contributed by atoms with Gasteiger partial charge < -0.3 is 5.73 Å². The molecule has 0 aliphatic carbocycles.